The lowest BCUT2D eigenvalue weighted by Gasteiger charge is -2.10. The topological polar surface area (TPSA) is 70.9 Å². The van der Waals surface area contributed by atoms with Crippen LogP contribution in [0, 0.1) is 0 Å². The molecule has 124 valence electrons. The number of hydrogen-bond acceptors (Lipinski definition) is 4. The highest BCUT2D eigenvalue weighted by Gasteiger charge is 2.13. The Hall–Kier alpha value is -1.99. The van der Waals surface area contributed by atoms with Crippen molar-refractivity contribution in [1.82, 2.24) is 15.3 Å². The van der Waals surface area contributed by atoms with Gasteiger partial charge in [-0.05, 0) is 36.8 Å². The van der Waals surface area contributed by atoms with Crippen molar-refractivity contribution >= 4 is 33.6 Å². The van der Waals surface area contributed by atoms with E-state index in [9.17, 15) is 4.79 Å². The molecule has 24 heavy (non-hydrogen) atoms. The zero-order valence-corrected chi connectivity index (χ0v) is 15.4. The normalized spacial score (nSPS) is 12.1. The van der Waals surface area contributed by atoms with Crippen LogP contribution in [0.25, 0.3) is 11.3 Å². The molecule has 0 spiro atoms. The van der Waals surface area contributed by atoms with Crippen LogP contribution in [0.1, 0.15) is 18.7 Å². The third-order valence-electron chi connectivity index (χ3n) is 3.40. The van der Waals surface area contributed by atoms with Crippen LogP contribution in [0.4, 0.5) is 0 Å². The molecule has 0 fully saturated rings. The van der Waals surface area contributed by atoms with Gasteiger partial charge in [-0.25, -0.2) is 4.98 Å². The van der Waals surface area contributed by atoms with Crippen LogP contribution in [0.2, 0.25) is 0 Å². The summed E-state index contributed by atoms with van der Waals surface area (Å²) in [5, 5.41) is 3.61. The summed E-state index contributed by atoms with van der Waals surface area (Å²) in [4.78, 5) is 19.6. The van der Waals surface area contributed by atoms with E-state index in [1.165, 1.54) is 11.8 Å². The summed E-state index contributed by atoms with van der Waals surface area (Å²) < 4.78 is 6.31. The number of H-pyrrole nitrogens is 1. The molecule has 1 amide bonds. The Bertz CT molecular complexity index is 800. The summed E-state index contributed by atoms with van der Waals surface area (Å²) in [6, 6.07) is 11.5. The molecule has 5 nitrogen and oxygen atoms in total. The van der Waals surface area contributed by atoms with Gasteiger partial charge in [0.15, 0.2) is 5.16 Å². The van der Waals surface area contributed by atoms with Crippen LogP contribution in [-0.2, 0) is 4.79 Å². The molecule has 3 rings (SSSR count). The number of nitrogens with zero attached hydrogens (tertiary/aromatic N) is 1. The number of aromatic nitrogens is 2. The maximum Gasteiger partial charge on any atom is 0.231 e. The van der Waals surface area contributed by atoms with Crippen molar-refractivity contribution in [3.63, 3.8) is 0 Å². The lowest BCUT2D eigenvalue weighted by atomic mass is 10.2. The summed E-state index contributed by atoms with van der Waals surface area (Å²) in [7, 11) is 0. The lowest BCUT2D eigenvalue weighted by molar-refractivity contribution is -0.119. The molecule has 1 unspecified atom stereocenters. The summed E-state index contributed by atoms with van der Waals surface area (Å²) in [5.41, 5.74) is 1.97. The number of furan rings is 1. The largest absolute Gasteiger partial charge is 0.467 e. The number of amides is 1. The Morgan fingerprint density at radius 3 is 2.88 bits per heavy atom. The molecular formula is C17H16BrN3O2S. The molecule has 3 aromatic rings. The third-order valence-corrected chi connectivity index (χ3v) is 4.81. The maximum atomic E-state index is 12.0. The van der Waals surface area contributed by atoms with E-state index in [0.29, 0.717) is 10.9 Å². The minimum absolute atomic E-state index is 0.0644. The minimum Gasteiger partial charge on any atom is -0.467 e. The van der Waals surface area contributed by atoms with Crippen LogP contribution < -0.4 is 5.32 Å². The van der Waals surface area contributed by atoms with E-state index in [4.69, 9.17) is 4.42 Å². The second-order valence-corrected chi connectivity index (χ2v) is 7.08. The first-order chi connectivity index (χ1) is 11.6. The van der Waals surface area contributed by atoms with Crippen LogP contribution >= 0.6 is 27.7 Å². The van der Waals surface area contributed by atoms with E-state index < -0.39 is 0 Å². The van der Waals surface area contributed by atoms with Crippen molar-refractivity contribution in [3.8, 4) is 11.3 Å². The van der Waals surface area contributed by atoms with E-state index in [1.807, 2.05) is 37.3 Å². The number of nitrogens with one attached hydrogen (secondary N) is 2. The first kappa shape index (κ1) is 16.9. The van der Waals surface area contributed by atoms with E-state index in [-0.39, 0.29) is 11.9 Å². The van der Waals surface area contributed by atoms with Crippen molar-refractivity contribution in [1.29, 1.82) is 0 Å². The fraction of sp³-hybridized carbons (Fsp3) is 0.176. The van der Waals surface area contributed by atoms with Gasteiger partial charge in [0.2, 0.25) is 5.91 Å². The molecule has 0 aliphatic heterocycles. The fourth-order valence-corrected chi connectivity index (χ4v) is 3.10. The lowest BCUT2D eigenvalue weighted by Crippen LogP contribution is -2.27. The number of aromatic amines is 1. The molecule has 2 aromatic heterocycles. The quantitative estimate of drug-likeness (QED) is 0.596. The zero-order chi connectivity index (χ0) is 16.9. The molecule has 0 saturated carbocycles. The number of carbonyl (C=O) groups excluding carboxylic acids is 1. The summed E-state index contributed by atoms with van der Waals surface area (Å²) in [6.07, 6.45) is 3.37. The van der Waals surface area contributed by atoms with Gasteiger partial charge in [-0.1, -0.05) is 39.8 Å². The van der Waals surface area contributed by atoms with Crippen LogP contribution in [-0.4, -0.2) is 21.6 Å². The molecule has 0 aliphatic carbocycles. The van der Waals surface area contributed by atoms with Gasteiger partial charge in [-0.3, -0.25) is 4.79 Å². The molecule has 1 aromatic carbocycles. The van der Waals surface area contributed by atoms with E-state index in [0.717, 1.165) is 21.5 Å². The van der Waals surface area contributed by atoms with Crippen molar-refractivity contribution in [2.24, 2.45) is 0 Å². The molecule has 2 heterocycles. The minimum atomic E-state index is -0.150. The van der Waals surface area contributed by atoms with Crippen molar-refractivity contribution < 1.29 is 9.21 Å². The standard InChI is InChI=1S/C17H16BrN3O2S/c1-11(15-3-2-8-23-15)20-16(22)10-24-17-19-9-14(21-17)12-4-6-13(18)7-5-12/h2-9,11H,10H2,1H3,(H,19,21)(H,20,22). The molecule has 2 N–H and O–H groups in total. The summed E-state index contributed by atoms with van der Waals surface area (Å²) in [6.45, 7) is 1.89. The molecule has 1 atom stereocenters. The molecule has 0 aliphatic rings. The number of halogens is 1. The molecular weight excluding hydrogens is 390 g/mol. The van der Waals surface area contributed by atoms with Crippen molar-refractivity contribution in [2.75, 3.05) is 5.75 Å². The molecule has 0 saturated heterocycles. The molecule has 7 heteroatoms. The third kappa shape index (κ3) is 4.30. The van der Waals surface area contributed by atoms with E-state index in [2.05, 4.69) is 31.2 Å². The van der Waals surface area contributed by atoms with Gasteiger partial charge >= 0.3 is 0 Å². The zero-order valence-electron chi connectivity index (χ0n) is 13.0. The highest BCUT2D eigenvalue weighted by Crippen LogP contribution is 2.23. The predicted octanol–water partition coefficient (Wildman–Crippen LogP) is 4.40. The number of rotatable bonds is 6. The van der Waals surface area contributed by atoms with Crippen molar-refractivity contribution in [3.05, 3.63) is 59.1 Å². The number of benzene rings is 1. The van der Waals surface area contributed by atoms with Crippen LogP contribution in [0.5, 0.6) is 0 Å². The first-order valence-electron chi connectivity index (χ1n) is 7.38. The van der Waals surface area contributed by atoms with Crippen LogP contribution in [0.15, 0.2) is 62.9 Å². The number of hydrogen-bond donors (Lipinski definition) is 2. The smallest absolute Gasteiger partial charge is 0.231 e. The Labute approximate surface area is 152 Å². The highest BCUT2D eigenvalue weighted by molar-refractivity contribution is 9.10. The molecule has 0 radical (unpaired) electrons. The van der Waals surface area contributed by atoms with Crippen molar-refractivity contribution in [2.45, 2.75) is 18.1 Å². The Balaban J connectivity index is 1.53. The number of carbonyl (C=O) groups is 1. The van der Waals surface area contributed by atoms with E-state index in [1.54, 1.807) is 18.5 Å². The highest BCUT2D eigenvalue weighted by atomic mass is 79.9. The summed E-state index contributed by atoms with van der Waals surface area (Å²) in [5.74, 6) is 0.965. The average Bonchev–Trinajstić information content (AvgIpc) is 3.25. The fourth-order valence-electron chi connectivity index (χ4n) is 2.18. The number of thioether (sulfide) groups is 1. The van der Waals surface area contributed by atoms with Crippen LogP contribution in [0.3, 0.4) is 0 Å². The first-order valence-corrected chi connectivity index (χ1v) is 9.16. The number of imidazole rings is 1. The van der Waals surface area contributed by atoms with Gasteiger partial charge in [-0.2, -0.15) is 0 Å². The van der Waals surface area contributed by atoms with E-state index >= 15 is 0 Å². The van der Waals surface area contributed by atoms with Gasteiger partial charge in [-0.15, -0.1) is 0 Å². The second kappa shape index (κ2) is 7.72. The van der Waals surface area contributed by atoms with Gasteiger partial charge in [0.1, 0.15) is 5.76 Å². The Morgan fingerprint density at radius 2 is 2.17 bits per heavy atom. The van der Waals surface area contributed by atoms with Gasteiger partial charge in [0.05, 0.1) is 29.9 Å². The summed E-state index contributed by atoms with van der Waals surface area (Å²) >= 11 is 4.78. The Morgan fingerprint density at radius 1 is 1.38 bits per heavy atom. The van der Waals surface area contributed by atoms with Gasteiger partial charge < -0.3 is 14.7 Å². The van der Waals surface area contributed by atoms with Gasteiger partial charge in [0, 0.05) is 4.47 Å². The van der Waals surface area contributed by atoms with Gasteiger partial charge in [0.25, 0.3) is 0 Å². The predicted molar refractivity (Wildman–Crippen MR) is 97.7 cm³/mol. The molecule has 0 bridgehead atoms. The Kier molecular flexibility index (Phi) is 5.42. The second-order valence-electron chi connectivity index (χ2n) is 5.20. The monoisotopic (exact) mass is 405 g/mol. The average molecular weight is 406 g/mol. The maximum absolute atomic E-state index is 12.0. The SMILES string of the molecule is CC(NC(=O)CSc1ncc(-c2ccc(Br)cc2)[nH]1)c1ccco1.